The first-order valence-corrected chi connectivity index (χ1v) is 8.47. The number of nitrogens with zero attached hydrogens (tertiary/aromatic N) is 1. The fourth-order valence-corrected chi connectivity index (χ4v) is 2.38. The number of hydrogen-bond donors (Lipinski definition) is 2. The number of amides is 2. The first kappa shape index (κ1) is 20.0. The number of carboxylic acids is 1. The molecule has 0 heterocycles. The zero-order valence-electron chi connectivity index (χ0n) is 15.1. The fraction of sp³-hybridized carbons (Fsp3) is 0.250. The average molecular weight is 370 g/mol. The molecule has 0 spiro atoms. The van der Waals surface area contributed by atoms with Gasteiger partial charge in [0.1, 0.15) is 5.75 Å². The molecule has 2 rings (SSSR count). The van der Waals surface area contributed by atoms with Crippen LogP contribution in [-0.2, 0) is 20.8 Å². The molecule has 0 saturated carbocycles. The summed E-state index contributed by atoms with van der Waals surface area (Å²) in [6.07, 6.45) is 0.455. The van der Waals surface area contributed by atoms with Crippen LogP contribution in [0.5, 0.6) is 5.75 Å². The van der Waals surface area contributed by atoms with Gasteiger partial charge in [-0.25, -0.2) is 4.79 Å². The van der Waals surface area contributed by atoms with Gasteiger partial charge in [-0.1, -0.05) is 30.3 Å². The fourth-order valence-electron chi connectivity index (χ4n) is 2.38. The van der Waals surface area contributed by atoms with Crippen molar-refractivity contribution in [3.8, 4) is 5.75 Å². The maximum atomic E-state index is 12.2. The van der Waals surface area contributed by atoms with Crippen LogP contribution in [0.3, 0.4) is 0 Å². The Kier molecular flexibility index (Phi) is 7.37. The molecule has 27 heavy (non-hydrogen) atoms. The minimum atomic E-state index is -1.05. The third-order valence-electron chi connectivity index (χ3n) is 3.83. The molecule has 0 bridgehead atoms. The molecule has 0 aliphatic heterocycles. The molecule has 0 aliphatic rings. The van der Waals surface area contributed by atoms with E-state index in [1.165, 1.54) is 4.90 Å². The van der Waals surface area contributed by atoms with Crippen LogP contribution in [0.2, 0.25) is 0 Å². The Labute approximate surface area is 157 Å². The number of anilines is 1. The lowest BCUT2D eigenvalue weighted by molar-refractivity contribution is -0.139. The Bertz CT molecular complexity index is 775. The Balaban J connectivity index is 1.76. The maximum absolute atomic E-state index is 12.2. The summed E-state index contributed by atoms with van der Waals surface area (Å²) < 4.78 is 5.05. The van der Waals surface area contributed by atoms with Gasteiger partial charge in [0.25, 0.3) is 0 Å². The Hall–Kier alpha value is -3.35. The minimum absolute atomic E-state index is 0.128. The molecule has 2 amide bonds. The smallest absolute Gasteiger partial charge is 0.341 e. The Morgan fingerprint density at radius 3 is 2.33 bits per heavy atom. The number of carbonyl (C=O) groups excluding carboxylic acids is 2. The van der Waals surface area contributed by atoms with Crippen LogP contribution in [-0.4, -0.2) is 43.1 Å². The van der Waals surface area contributed by atoms with Gasteiger partial charge >= 0.3 is 5.97 Å². The minimum Gasteiger partial charge on any atom is -0.482 e. The monoisotopic (exact) mass is 370 g/mol. The lowest BCUT2D eigenvalue weighted by Gasteiger charge is -2.18. The second-order valence-corrected chi connectivity index (χ2v) is 5.89. The molecule has 7 nitrogen and oxygen atoms in total. The summed E-state index contributed by atoms with van der Waals surface area (Å²) in [5.74, 6) is -0.915. The highest BCUT2D eigenvalue weighted by atomic mass is 16.5. The van der Waals surface area contributed by atoms with Crippen molar-refractivity contribution in [3.63, 3.8) is 0 Å². The van der Waals surface area contributed by atoms with Crippen LogP contribution in [0.15, 0.2) is 54.6 Å². The molecule has 2 aromatic rings. The predicted octanol–water partition coefficient (Wildman–Crippen LogP) is 1.86. The third-order valence-corrected chi connectivity index (χ3v) is 3.83. The van der Waals surface area contributed by atoms with Crippen molar-refractivity contribution in [3.05, 3.63) is 60.2 Å². The van der Waals surface area contributed by atoms with Gasteiger partial charge in [0.15, 0.2) is 6.61 Å². The number of carbonyl (C=O) groups is 3. The summed E-state index contributed by atoms with van der Waals surface area (Å²) in [6, 6.07) is 15.9. The largest absolute Gasteiger partial charge is 0.482 e. The quantitative estimate of drug-likeness (QED) is 0.702. The van der Waals surface area contributed by atoms with Crippen LogP contribution in [0.25, 0.3) is 0 Å². The number of hydrogen-bond acceptors (Lipinski definition) is 4. The maximum Gasteiger partial charge on any atom is 0.341 e. The second-order valence-electron chi connectivity index (χ2n) is 5.89. The predicted molar refractivity (Wildman–Crippen MR) is 101 cm³/mol. The van der Waals surface area contributed by atoms with Gasteiger partial charge in [0, 0.05) is 25.7 Å². The molecule has 0 fully saturated rings. The number of ether oxygens (including phenoxy) is 1. The van der Waals surface area contributed by atoms with Crippen molar-refractivity contribution in [2.45, 2.75) is 12.8 Å². The van der Waals surface area contributed by atoms with E-state index in [1.54, 1.807) is 31.3 Å². The van der Waals surface area contributed by atoms with Crippen LogP contribution in [0, 0.1) is 0 Å². The van der Waals surface area contributed by atoms with Crippen LogP contribution in [0.1, 0.15) is 12.0 Å². The number of aliphatic carboxylic acids is 1. The van der Waals surface area contributed by atoms with E-state index < -0.39 is 12.6 Å². The topological polar surface area (TPSA) is 95.9 Å². The molecular formula is C20H22N2O5. The van der Waals surface area contributed by atoms with E-state index in [0.29, 0.717) is 11.4 Å². The Morgan fingerprint density at radius 2 is 1.70 bits per heavy atom. The van der Waals surface area contributed by atoms with E-state index in [1.807, 2.05) is 30.3 Å². The van der Waals surface area contributed by atoms with E-state index in [9.17, 15) is 14.4 Å². The first-order valence-electron chi connectivity index (χ1n) is 8.47. The molecule has 0 radical (unpaired) electrons. The SMILES string of the molecule is CN(C(=O)CCNC(=O)Cc1ccccc1)c1ccc(OCC(=O)O)cc1. The highest BCUT2D eigenvalue weighted by Crippen LogP contribution is 2.19. The molecular weight excluding hydrogens is 348 g/mol. The molecule has 142 valence electrons. The van der Waals surface area contributed by atoms with Gasteiger partial charge in [-0.05, 0) is 29.8 Å². The van der Waals surface area contributed by atoms with Gasteiger partial charge < -0.3 is 20.1 Å². The normalized spacial score (nSPS) is 10.1. The number of rotatable bonds is 9. The number of nitrogens with one attached hydrogen (secondary N) is 1. The average Bonchev–Trinajstić information content (AvgIpc) is 2.67. The van der Waals surface area contributed by atoms with Gasteiger partial charge in [-0.15, -0.1) is 0 Å². The van der Waals surface area contributed by atoms with E-state index in [-0.39, 0.29) is 31.2 Å². The summed E-state index contributed by atoms with van der Waals surface area (Å²) in [6.45, 7) is -0.161. The van der Waals surface area contributed by atoms with Crippen molar-refractivity contribution in [2.75, 3.05) is 25.1 Å². The molecule has 2 N–H and O–H groups in total. The van der Waals surface area contributed by atoms with Gasteiger partial charge in [0.2, 0.25) is 11.8 Å². The standard InChI is InChI=1S/C20H22N2O5/c1-22(16-7-9-17(10-8-16)27-14-20(25)26)19(24)11-12-21-18(23)13-15-5-3-2-4-6-15/h2-10H,11-14H2,1H3,(H,21,23)(H,25,26). The van der Waals surface area contributed by atoms with Crippen molar-refractivity contribution >= 4 is 23.5 Å². The zero-order chi connectivity index (χ0) is 19.6. The van der Waals surface area contributed by atoms with E-state index in [2.05, 4.69) is 5.32 Å². The van der Waals surface area contributed by atoms with Crippen molar-refractivity contribution in [2.24, 2.45) is 0 Å². The second kappa shape index (κ2) is 9.96. The van der Waals surface area contributed by atoms with Gasteiger partial charge in [0.05, 0.1) is 6.42 Å². The molecule has 0 unspecified atom stereocenters. The summed E-state index contributed by atoms with van der Waals surface area (Å²) >= 11 is 0. The van der Waals surface area contributed by atoms with Crippen LogP contribution in [0.4, 0.5) is 5.69 Å². The molecule has 0 aliphatic carbocycles. The summed E-state index contributed by atoms with van der Waals surface area (Å²) in [5, 5.41) is 11.3. The third kappa shape index (κ3) is 6.81. The van der Waals surface area contributed by atoms with E-state index in [4.69, 9.17) is 9.84 Å². The van der Waals surface area contributed by atoms with Gasteiger partial charge in [-0.3, -0.25) is 9.59 Å². The number of benzene rings is 2. The van der Waals surface area contributed by atoms with Crippen molar-refractivity contribution in [1.82, 2.24) is 5.32 Å². The molecule has 2 aromatic carbocycles. The highest BCUT2D eigenvalue weighted by molar-refractivity contribution is 5.93. The zero-order valence-corrected chi connectivity index (χ0v) is 15.1. The summed E-state index contributed by atoms with van der Waals surface area (Å²) in [7, 11) is 1.64. The Morgan fingerprint density at radius 1 is 1.04 bits per heavy atom. The van der Waals surface area contributed by atoms with Crippen molar-refractivity contribution < 1.29 is 24.2 Å². The summed E-state index contributed by atoms with van der Waals surface area (Å²) in [4.78, 5) is 36.1. The molecule has 0 atom stereocenters. The lowest BCUT2D eigenvalue weighted by atomic mass is 10.1. The first-order chi connectivity index (χ1) is 13.0. The molecule has 7 heteroatoms. The molecule has 0 saturated heterocycles. The van der Waals surface area contributed by atoms with E-state index in [0.717, 1.165) is 5.56 Å². The van der Waals surface area contributed by atoms with E-state index >= 15 is 0 Å². The van der Waals surface area contributed by atoms with Gasteiger partial charge in [-0.2, -0.15) is 0 Å². The lowest BCUT2D eigenvalue weighted by Crippen LogP contribution is -2.32. The van der Waals surface area contributed by atoms with Crippen LogP contribution < -0.4 is 15.0 Å². The summed E-state index contributed by atoms with van der Waals surface area (Å²) in [5.41, 5.74) is 1.57. The highest BCUT2D eigenvalue weighted by Gasteiger charge is 2.12. The van der Waals surface area contributed by atoms with Crippen molar-refractivity contribution in [1.29, 1.82) is 0 Å². The van der Waals surface area contributed by atoms with Crippen LogP contribution >= 0.6 is 0 Å². The number of carboxylic acid groups (broad SMARTS) is 1. The molecule has 0 aromatic heterocycles.